The lowest BCUT2D eigenvalue weighted by Crippen LogP contribution is -2.38. The van der Waals surface area contributed by atoms with Crippen molar-refractivity contribution in [3.8, 4) is 5.75 Å². The molecule has 136 valence electrons. The van der Waals surface area contributed by atoms with Crippen LogP contribution in [0.25, 0.3) is 0 Å². The molecule has 1 fully saturated rings. The summed E-state index contributed by atoms with van der Waals surface area (Å²) in [6.07, 6.45) is 1.22. The number of ether oxygens (including phenoxy) is 2. The Morgan fingerprint density at radius 3 is 2.80 bits per heavy atom. The maximum Gasteiger partial charge on any atom is 0.251 e. The Morgan fingerprint density at radius 1 is 1.28 bits per heavy atom. The number of nitrogens with zero attached hydrogens (tertiary/aromatic N) is 1. The minimum absolute atomic E-state index is 0.0215. The van der Waals surface area contributed by atoms with Gasteiger partial charge in [-0.05, 0) is 45.0 Å². The number of amides is 1. The van der Waals surface area contributed by atoms with E-state index in [0.717, 1.165) is 39.3 Å². The van der Waals surface area contributed by atoms with Gasteiger partial charge in [0.1, 0.15) is 11.4 Å². The molecule has 1 aromatic rings. The first-order valence-corrected chi connectivity index (χ1v) is 8.89. The Kier molecular flexibility index (Phi) is 5.39. The van der Waals surface area contributed by atoms with Crippen molar-refractivity contribution in [1.82, 2.24) is 10.2 Å². The molecule has 0 bridgehead atoms. The molecular weight excluding hydrogens is 320 g/mol. The Bertz CT molecular complexity index is 651. The van der Waals surface area contributed by atoms with Gasteiger partial charge in [0.15, 0.2) is 5.78 Å². The van der Waals surface area contributed by atoms with Gasteiger partial charge in [0.25, 0.3) is 5.91 Å². The zero-order chi connectivity index (χ0) is 17.9. The van der Waals surface area contributed by atoms with E-state index in [2.05, 4.69) is 10.2 Å². The summed E-state index contributed by atoms with van der Waals surface area (Å²) in [5, 5.41) is 2.93. The second-order valence-corrected chi connectivity index (χ2v) is 7.24. The normalized spacial score (nSPS) is 19.8. The van der Waals surface area contributed by atoms with Crippen molar-refractivity contribution in [2.24, 2.45) is 0 Å². The number of Topliss-reactive ketones (excluding diaryl/α,β-unsaturated/α-hetero) is 1. The average Bonchev–Trinajstić information content (AvgIpc) is 2.58. The van der Waals surface area contributed by atoms with E-state index >= 15 is 0 Å². The fourth-order valence-corrected chi connectivity index (χ4v) is 3.23. The number of fused-ring (bicyclic) bond motifs is 1. The molecule has 0 spiro atoms. The van der Waals surface area contributed by atoms with Gasteiger partial charge < -0.3 is 14.8 Å². The molecule has 1 saturated heterocycles. The maximum absolute atomic E-state index is 12.3. The lowest BCUT2D eigenvalue weighted by molar-refractivity contribution is 0.0374. The lowest BCUT2D eigenvalue weighted by Gasteiger charge is -2.31. The van der Waals surface area contributed by atoms with Crippen LogP contribution in [0.1, 0.15) is 47.4 Å². The monoisotopic (exact) mass is 346 g/mol. The molecule has 6 nitrogen and oxygen atoms in total. The molecule has 0 aromatic heterocycles. The van der Waals surface area contributed by atoms with E-state index in [-0.39, 0.29) is 11.7 Å². The Balaban J connectivity index is 1.52. The van der Waals surface area contributed by atoms with Crippen molar-refractivity contribution in [2.45, 2.75) is 32.3 Å². The quantitative estimate of drug-likeness (QED) is 0.825. The SMILES string of the molecule is CC1(C)CC(=O)c2cc(C(=O)NCCCN3CCOCC3)ccc2O1. The van der Waals surface area contributed by atoms with Gasteiger partial charge in [-0.3, -0.25) is 14.5 Å². The van der Waals surface area contributed by atoms with Crippen LogP contribution >= 0.6 is 0 Å². The van der Waals surface area contributed by atoms with E-state index in [1.54, 1.807) is 18.2 Å². The Hall–Kier alpha value is -1.92. The molecule has 25 heavy (non-hydrogen) atoms. The van der Waals surface area contributed by atoms with Crippen LogP contribution in [-0.4, -0.2) is 61.6 Å². The third-order valence-corrected chi connectivity index (χ3v) is 4.56. The zero-order valence-corrected chi connectivity index (χ0v) is 15.0. The Labute approximate surface area is 148 Å². The summed E-state index contributed by atoms with van der Waals surface area (Å²) in [5.74, 6) is 0.431. The number of benzene rings is 1. The number of ketones is 1. The highest BCUT2D eigenvalue weighted by atomic mass is 16.5. The van der Waals surface area contributed by atoms with Gasteiger partial charge in [-0.2, -0.15) is 0 Å². The maximum atomic E-state index is 12.3. The van der Waals surface area contributed by atoms with Gasteiger partial charge in [-0.25, -0.2) is 0 Å². The average molecular weight is 346 g/mol. The molecular formula is C19H26N2O4. The van der Waals surface area contributed by atoms with Crippen LogP contribution in [0.5, 0.6) is 5.75 Å². The predicted molar refractivity (Wildman–Crippen MR) is 94.3 cm³/mol. The fourth-order valence-electron chi connectivity index (χ4n) is 3.23. The molecule has 6 heteroatoms. The minimum atomic E-state index is -0.493. The molecule has 0 unspecified atom stereocenters. The standard InChI is InChI=1S/C19H26N2O4/c1-19(2)13-16(22)15-12-14(4-5-17(15)25-19)18(23)20-6-3-7-21-8-10-24-11-9-21/h4-5,12H,3,6-11,13H2,1-2H3,(H,20,23). The van der Waals surface area contributed by atoms with E-state index < -0.39 is 5.60 Å². The van der Waals surface area contributed by atoms with Crippen molar-refractivity contribution in [3.63, 3.8) is 0 Å². The first-order chi connectivity index (χ1) is 11.9. The summed E-state index contributed by atoms with van der Waals surface area (Å²) in [6, 6.07) is 5.08. The molecule has 0 atom stereocenters. The summed E-state index contributed by atoms with van der Waals surface area (Å²) in [6.45, 7) is 8.84. The number of hydrogen-bond acceptors (Lipinski definition) is 5. The smallest absolute Gasteiger partial charge is 0.251 e. The van der Waals surface area contributed by atoms with Gasteiger partial charge in [0.2, 0.25) is 0 Å². The van der Waals surface area contributed by atoms with Crippen LogP contribution in [0.15, 0.2) is 18.2 Å². The number of carbonyl (C=O) groups is 2. The first-order valence-electron chi connectivity index (χ1n) is 8.89. The van der Waals surface area contributed by atoms with Crippen molar-refractivity contribution in [2.75, 3.05) is 39.4 Å². The summed E-state index contributed by atoms with van der Waals surface area (Å²) in [7, 11) is 0. The van der Waals surface area contributed by atoms with Crippen molar-refractivity contribution in [1.29, 1.82) is 0 Å². The third-order valence-electron chi connectivity index (χ3n) is 4.56. The van der Waals surface area contributed by atoms with Crippen LogP contribution in [-0.2, 0) is 4.74 Å². The molecule has 1 N–H and O–H groups in total. The van der Waals surface area contributed by atoms with Gasteiger partial charge >= 0.3 is 0 Å². The largest absolute Gasteiger partial charge is 0.487 e. The number of carbonyl (C=O) groups excluding carboxylic acids is 2. The Morgan fingerprint density at radius 2 is 2.04 bits per heavy atom. The minimum Gasteiger partial charge on any atom is -0.487 e. The molecule has 1 amide bonds. The highest BCUT2D eigenvalue weighted by molar-refractivity contribution is 6.03. The first kappa shape index (κ1) is 17.9. The van der Waals surface area contributed by atoms with Gasteiger partial charge in [-0.15, -0.1) is 0 Å². The van der Waals surface area contributed by atoms with Crippen LogP contribution < -0.4 is 10.1 Å². The summed E-state index contributed by atoms with van der Waals surface area (Å²) in [5.41, 5.74) is 0.509. The van der Waals surface area contributed by atoms with E-state index in [1.807, 2.05) is 13.8 Å². The van der Waals surface area contributed by atoms with Crippen molar-refractivity contribution >= 4 is 11.7 Å². The zero-order valence-electron chi connectivity index (χ0n) is 15.0. The van der Waals surface area contributed by atoms with Gasteiger partial charge in [0, 0.05) is 25.2 Å². The third kappa shape index (κ3) is 4.58. The fraction of sp³-hybridized carbons (Fsp3) is 0.579. The second kappa shape index (κ2) is 7.54. The van der Waals surface area contributed by atoms with Gasteiger partial charge in [-0.1, -0.05) is 0 Å². The molecule has 2 heterocycles. The molecule has 0 saturated carbocycles. The van der Waals surface area contributed by atoms with Gasteiger partial charge in [0.05, 0.1) is 25.2 Å². The molecule has 0 aliphatic carbocycles. The van der Waals surface area contributed by atoms with E-state index in [1.165, 1.54) is 0 Å². The topological polar surface area (TPSA) is 67.9 Å². The molecule has 3 rings (SSSR count). The highest BCUT2D eigenvalue weighted by Crippen LogP contribution is 2.33. The molecule has 2 aliphatic heterocycles. The van der Waals surface area contributed by atoms with Crippen molar-refractivity contribution < 1.29 is 19.1 Å². The molecule has 0 radical (unpaired) electrons. The van der Waals surface area contributed by atoms with Crippen LogP contribution in [0.2, 0.25) is 0 Å². The number of nitrogens with one attached hydrogen (secondary N) is 1. The summed E-state index contributed by atoms with van der Waals surface area (Å²) < 4.78 is 11.1. The molecule has 1 aromatic carbocycles. The van der Waals surface area contributed by atoms with Crippen LogP contribution in [0.3, 0.4) is 0 Å². The van der Waals surface area contributed by atoms with E-state index in [0.29, 0.717) is 29.8 Å². The lowest BCUT2D eigenvalue weighted by atomic mass is 9.92. The predicted octanol–water partition coefficient (Wildman–Crippen LogP) is 1.88. The number of morpholine rings is 1. The highest BCUT2D eigenvalue weighted by Gasteiger charge is 2.32. The molecule has 2 aliphatic rings. The van der Waals surface area contributed by atoms with Crippen LogP contribution in [0.4, 0.5) is 0 Å². The summed E-state index contributed by atoms with van der Waals surface area (Å²) >= 11 is 0. The van der Waals surface area contributed by atoms with E-state index in [4.69, 9.17) is 9.47 Å². The number of hydrogen-bond donors (Lipinski definition) is 1. The second-order valence-electron chi connectivity index (χ2n) is 7.24. The van der Waals surface area contributed by atoms with E-state index in [9.17, 15) is 9.59 Å². The van der Waals surface area contributed by atoms with Crippen LogP contribution in [0, 0.1) is 0 Å². The van der Waals surface area contributed by atoms with Crippen molar-refractivity contribution in [3.05, 3.63) is 29.3 Å². The number of rotatable bonds is 5. The summed E-state index contributed by atoms with van der Waals surface area (Å²) in [4.78, 5) is 26.9.